The number of para-hydroxylation sites is 1. The van der Waals surface area contributed by atoms with Crippen molar-refractivity contribution in [2.75, 3.05) is 5.32 Å². The van der Waals surface area contributed by atoms with Gasteiger partial charge in [-0.15, -0.1) is 0 Å². The molecule has 4 nitrogen and oxygen atoms in total. The maximum atomic E-state index is 13.4. The van der Waals surface area contributed by atoms with Gasteiger partial charge < -0.3 is 10.1 Å². The van der Waals surface area contributed by atoms with E-state index >= 15 is 0 Å². The molecule has 6 heteroatoms. The van der Waals surface area contributed by atoms with Gasteiger partial charge in [0, 0.05) is 6.42 Å². The number of nitrogens with one attached hydrogen (secondary N) is 1. The number of amides is 1. The molecule has 1 atom stereocenters. The van der Waals surface area contributed by atoms with Gasteiger partial charge in [-0.3, -0.25) is 9.59 Å². The number of esters is 1. The van der Waals surface area contributed by atoms with E-state index in [1.807, 2.05) is 16.8 Å². The molecule has 0 radical (unpaired) electrons. The minimum Gasteiger partial charge on any atom is -0.453 e. The smallest absolute Gasteiger partial charge is 0.306 e. The van der Waals surface area contributed by atoms with Crippen LogP contribution in [0, 0.1) is 5.82 Å². The van der Waals surface area contributed by atoms with Crippen LogP contribution < -0.4 is 5.32 Å². The number of benzene rings is 1. The molecule has 0 fully saturated rings. The minimum absolute atomic E-state index is 0.0636. The number of carbonyl (C=O) groups excluding carboxylic acids is 2. The molecule has 1 aromatic carbocycles. The van der Waals surface area contributed by atoms with E-state index in [9.17, 15) is 14.0 Å². The Balaban J connectivity index is 1.80. The molecule has 1 heterocycles. The highest BCUT2D eigenvalue weighted by Gasteiger charge is 2.18. The van der Waals surface area contributed by atoms with Gasteiger partial charge in [-0.1, -0.05) is 12.1 Å². The maximum Gasteiger partial charge on any atom is 0.306 e. The summed E-state index contributed by atoms with van der Waals surface area (Å²) in [7, 11) is 0. The highest BCUT2D eigenvalue weighted by Crippen LogP contribution is 2.13. The first-order valence-electron chi connectivity index (χ1n) is 6.82. The van der Waals surface area contributed by atoms with Gasteiger partial charge >= 0.3 is 5.97 Å². The van der Waals surface area contributed by atoms with Crippen LogP contribution in [0.25, 0.3) is 0 Å². The fourth-order valence-electron chi connectivity index (χ4n) is 1.79. The van der Waals surface area contributed by atoms with E-state index in [2.05, 4.69) is 5.32 Å². The summed E-state index contributed by atoms with van der Waals surface area (Å²) in [5.74, 6) is -1.55. The number of carbonyl (C=O) groups is 2. The fraction of sp³-hybridized carbons (Fsp3) is 0.250. The minimum atomic E-state index is -0.977. The first-order chi connectivity index (χ1) is 10.6. The largest absolute Gasteiger partial charge is 0.453 e. The molecule has 22 heavy (non-hydrogen) atoms. The number of halogens is 1. The zero-order chi connectivity index (χ0) is 15.9. The second kappa shape index (κ2) is 7.70. The van der Waals surface area contributed by atoms with Gasteiger partial charge in [0.05, 0.1) is 5.69 Å². The predicted octanol–water partition coefficient (Wildman–Crippen LogP) is 3.39. The van der Waals surface area contributed by atoms with Crippen molar-refractivity contribution in [2.24, 2.45) is 0 Å². The van der Waals surface area contributed by atoms with E-state index in [-0.39, 0.29) is 12.1 Å². The summed E-state index contributed by atoms with van der Waals surface area (Å²) in [4.78, 5) is 23.6. The standard InChI is InChI=1S/C16H16FNO3S/c1-11(16(20)18-14-5-3-2-4-13(14)17)21-15(19)7-6-12-8-9-22-10-12/h2-5,8-11H,6-7H2,1H3,(H,18,20). The molecule has 2 aromatic rings. The van der Waals surface area contributed by atoms with Crippen molar-refractivity contribution < 1.29 is 18.7 Å². The number of rotatable bonds is 6. The van der Waals surface area contributed by atoms with Gasteiger partial charge in [-0.05, 0) is 47.9 Å². The molecular weight excluding hydrogens is 305 g/mol. The molecule has 0 aliphatic carbocycles. The molecule has 0 saturated carbocycles. The van der Waals surface area contributed by atoms with Crippen LogP contribution >= 0.6 is 11.3 Å². The molecule has 0 spiro atoms. The average Bonchev–Trinajstić information content (AvgIpc) is 3.00. The van der Waals surface area contributed by atoms with E-state index in [1.165, 1.54) is 25.1 Å². The molecule has 1 aromatic heterocycles. The molecule has 2 rings (SSSR count). The summed E-state index contributed by atoms with van der Waals surface area (Å²) in [5.41, 5.74) is 1.12. The van der Waals surface area contributed by atoms with Crippen LogP contribution in [-0.2, 0) is 20.7 Å². The van der Waals surface area contributed by atoms with Crippen LogP contribution in [0.4, 0.5) is 10.1 Å². The van der Waals surface area contributed by atoms with Crippen molar-refractivity contribution in [3.63, 3.8) is 0 Å². The normalized spacial score (nSPS) is 11.7. The van der Waals surface area contributed by atoms with Gasteiger partial charge in [0.2, 0.25) is 0 Å². The Morgan fingerprint density at radius 1 is 1.32 bits per heavy atom. The lowest BCUT2D eigenvalue weighted by Gasteiger charge is -2.13. The SMILES string of the molecule is CC(OC(=O)CCc1ccsc1)C(=O)Nc1ccccc1F. The van der Waals surface area contributed by atoms with Gasteiger partial charge in [-0.2, -0.15) is 11.3 Å². The Kier molecular flexibility index (Phi) is 5.66. The number of ether oxygens (including phenoxy) is 1. The van der Waals surface area contributed by atoms with E-state index < -0.39 is 23.8 Å². The van der Waals surface area contributed by atoms with Crippen molar-refractivity contribution in [3.8, 4) is 0 Å². The van der Waals surface area contributed by atoms with E-state index in [4.69, 9.17) is 4.74 Å². The first-order valence-corrected chi connectivity index (χ1v) is 7.76. The van der Waals surface area contributed by atoms with Crippen LogP contribution in [-0.4, -0.2) is 18.0 Å². The van der Waals surface area contributed by atoms with Crippen LogP contribution in [0.5, 0.6) is 0 Å². The Morgan fingerprint density at radius 3 is 2.77 bits per heavy atom. The van der Waals surface area contributed by atoms with Gasteiger partial charge in [0.25, 0.3) is 5.91 Å². The van der Waals surface area contributed by atoms with Crippen LogP contribution in [0.1, 0.15) is 18.9 Å². The first kappa shape index (κ1) is 16.2. The van der Waals surface area contributed by atoms with Crippen molar-refractivity contribution >= 4 is 28.9 Å². The summed E-state index contributed by atoms with van der Waals surface area (Å²) < 4.78 is 18.5. The third kappa shape index (κ3) is 4.66. The number of hydrogen-bond acceptors (Lipinski definition) is 4. The number of hydrogen-bond donors (Lipinski definition) is 1. The summed E-state index contributed by atoms with van der Waals surface area (Å²) in [6.07, 6.45) is -0.201. The number of thiophene rings is 1. The molecule has 1 amide bonds. The average molecular weight is 321 g/mol. The Bertz CT molecular complexity index is 643. The lowest BCUT2D eigenvalue weighted by Crippen LogP contribution is -2.30. The zero-order valence-electron chi connectivity index (χ0n) is 12.0. The quantitative estimate of drug-likeness (QED) is 0.830. The highest BCUT2D eigenvalue weighted by molar-refractivity contribution is 7.07. The maximum absolute atomic E-state index is 13.4. The third-order valence-corrected chi connectivity index (χ3v) is 3.74. The van der Waals surface area contributed by atoms with E-state index in [1.54, 1.807) is 17.4 Å². The van der Waals surface area contributed by atoms with Crippen molar-refractivity contribution in [3.05, 3.63) is 52.5 Å². The van der Waals surface area contributed by atoms with Gasteiger partial charge in [0.1, 0.15) is 5.82 Å². The van der Waals surface area contributed by atoms with Crippen molar-refractivity contribution in [1.82, 2.24) is 0 Å². The summed E-state index contributed by atoms with van der Waals surface area (Å²) in [6, 6.07) is 7.76. The molecule has 0 aliphatic heterocycles. The second-order valence-electron chi connectivity index (χ2n) is 4.73. The predicted molar refractivity (Wildman–Crippen MR) is 83.2 cm³/mol. The topological polar surface area (TPSA) is 55.4 Å². The molecule has 1 unspecified atom stereocenters. The molecule has 1 N–H and O–H groups in total. The van der Waals surface area contributed by atoms with Crippen molar-refractivity contribution in [1.29, 1.82) is 0 Å². The number of anilines is 1. The van der Waals surface area contributed by atoms with E-state index in [0.717, 1.165) is 5.56 Å². The van der Waals surface area contributed by atoms with Crippen molar-refractivity contribution in [2.45, 2.75) is 25.9 Å². The second-order valence-corrected chi connectivity index (χ2v) is 5.51. The van der Waals surface area contributed by atoms with E-state index in [0.29, 0.717) is 6.42 Å². The molecular formula is C16H16FNO3S. The summed E-state index contributed by atoms with van der Waals surface area (Å²) in [6.45, 7) is 1.46. The summed E-state index contributed by atoms with van der Waals surface area (Å²) in [5, 5.41) is 6.29. The summed E-state index contributed by atoms with van der Waals surface area (Å²) >= 11 is 1.56. The molecule has 0 saturated heterocycles. The Labute approximate surface area is 131 Å². The zero-order valence-corrected chi connectivity index (χ0v) is 12.9. The molecule has 0 bridgehead atoms. The fourth-order valence-corrected chi connectivity index (χ4v) is 2.49. The van der Waals surface area contributed by atoms with Crippen LogP contribution in [0.15, 0.2) is 41.1 Å². The Morgan fingerprint density at radius 2 is 2.09 bits per heavy atom. The highest BCUT2D eigenvalue weighted by atomic mass is 32.1. The van der Waals surface area contributed by atoms with Gasteiger partial charge in [-0.25, -0.2) is 4.39 Å². The van der Waals surface area contributed by atoms with Crippen LogP contribution in [0.2, 0.25) is 0 Å². The third-order valence-electron chi connectivity index (χ3n) is 3.01. The van der Waals surface area contributed by atoms with Gasteiger partial charge in [0.15, 0.2) is 6.10 Å². The monoisotopic (exact) mass is 321 g/mol. The number of aryl methyl sites for hydroxylation is 1. The molecule has 116 valence electrons. The lowest BCUT2D eigenvalue weighted by molar-refractivity contribution is -0.153. The Hall–Kier alpha value is -2.21. The van der Waals surface area contributed by atoms with Crippen LogP contribution in [0.3, 0.4) is 0 Å². The molecule has 0 aliphatic rings. The lowest BCUT2D eigenvalue weighted by atomic mass is 10.2.